The molecular weight excluding hydrogens is 584 g/mol. The van der Waals surface area contributed by atoms with E-state index in [4.69, 9.17) is 11.6 Å². The lowest BCUT2D eigenvalue weighted by molar-refractivity contribution is 0.0977. The molecule has 7 nitrogen and oxygen atoms in total. The fraction of sp³-hybridized carbons (Fsp3) is 0.0800. The number of hydrogen-bond donors (Lipinski definition) is 1. The van der Waals surface area contributed by atoms with Crippen LogP contribution in [0.15, 0.2) is 80.8 Å². The van der Waals surface area contributed by atoms with Crippen molar-refractivity contribution >= 4 is 66.0 Å². The number of benzene rings is 2. The molecule has 0 bridgehead atoms. The van der Waals surface area contributed by atoms with E-state index in [2.05, 4.69) is 30.6 Å². The molecule has 0 aliphatic rings. The number of nitrogens with zero attached hydrogens (tertiary/aromatic N) is 3. The number of sulfonamides is 1. The molecule has 3 aromatic heterocycles. The molecule has 182 valence electrons. The van der Waals surface area contributed by atoms with Gasteiger partial charge in [-0.3, -0.25) is 4.79 Å². The number of carbonyl (C=O) groups is 1. The van der Waals surface area contributed by atoms with Crippen LogP contribution in [-0.4, -0.2) is 28.9 Å². The zero-order valence-electron chi connectivity index (χ0n) is 18.8. The quantitative estimate of drug-likeness (QED) is 0.256. The van der Waals surface area contributed by atoms with Crippen LogP contribution in [0.25, 0.3) is 22.3 Å². The molecule has 11 heteroatoms. The molecule has 5 aromatic rings. The highest BCUT2D eigenvalue weighted by Crippen LogP contribution is 2.28. The largest absolute Gasteiger partial charge is 0.308 e. The molecule has 0 atom stereocenters. The minimum atomic E-state index is -4.02. The highest BCUT2D eigenvalue weighted by atomic mass is 79.9. The Bertz CT molecular complexity index is 1720. The van der Waals surface area contributed by atoms with Crippen molar-refractivity contribution < 1.29 is 13.2 Å². The predicted octanol–water partition coefficient (Wildman–Crippen LogP) is 6.05. The summed E-state index contributed by atoms with van der Waals surface area (Å²) in [6, 6.07) is 22.0. The number of carbonyl (C=O) groups excluding carboxylic acids is 1. The van der Waals surface area contributed by atoms with Crippen molar-refractivity contribution in [2.75, 3.05) is 0 Å². The summed E-state index contributed by atoms with van der Waals surface area (Å²) in [5, 5.41) is 0.597. The van der Waals surface area contributed by atoms with Gasteiger partial charge in [0.15, 0.2) is 5.65 Å². The third-order valence-electron chi connectivity index (χ3n) is 5.54. The van der Waals surface area contributed by atoms with Gasteiger partial charge >= 0.3 is 0 Å². The predicted molar refractivity (Wildman–Crippen MR) is 145 cm³/mol. The number of amides is 1. The molecule has 0 aliphatic heterocycles. The van der Waals surface area contributed by atoms with Gasteiger partial charge in [-0.2, -0.15) is 0 Å². The van der Waals surface area contributed by atoms with Gasteiger partial charge < -0.3 is 4.57 Å². The second-order valence-electron chi connectivity index (χ2n) is 7.95. The van der Waals surface area contributed by atoms with Crippen molar-refractivity contribution in [1.82, 2.24) is 19.3 Å². The van der Waals surface area contributed by atoms with Crippen molar-refractivity contribution in [3.05, 3.63) is 98.7 Å². The molecule has 0 aliphatic carbocycles. The van der Waals surface area contributed by atoms with Gasteiger partial charge in [-0.05, 0) is 69.9 Å². The third-order valence-corrected chi connectivity index (χ3v) is 9.34. The maximum atomic E-state index is 12.8. The van der Waals surface area contributed by atoms with E-state index in [1.807, 2.05) is 60.0 Å². The Morgan fingerprint density at radius 2 is 1.81 bits per heavy atom. The molecule has 1 amide bonds. The number of pyridine rings is 1. The topological polar surface area (TPSA) is 93.9 Å². The molecule has 0 spiro atoms. The van der Waals surface area contributed by atoms with Crippen LogP contribution >= 0.6 is 38.9 Å². The van der Waals surface area contributed by atoms with E-state index in [9.17, 15) is 13.2 Å². The Labute approximate surface area is 225 Å². The molecule has 36 heavy (non-hydrogen) atoms. The number of halogens is 2. The number of rotatable bonds is 6. The number of hydrogen-bond acceptors (Lipinski definition) is 6. The van der Waals surface area contributed by atoms with Crippen LogP contribution in [0.5, 0.6) is 0 Å². The first kappa shape index (κ1) is 24.6. The van der Waals surface area contributed by atoms with Crippen molar-refractivity contribution in [3.8, 4) is 11.1 Å². The standard InChI is InChI=1S/C25H18BrClN4O3S2/c1-15-28-20-9-10-21(25(32)30-36(33,34)23-12-11-22(26)35-23)29-24(20)31(15)14-18-8-7-17(13-19(18)27)16-5-3-2-4-6-16/h2-13H,14H2,1H3,(H,30,32). The summed E-state index contributed by atoms with van der Waals surface area (Å²) in [5.74, 6) is -0.133. The molecule has 0 saturated heterocycles. The van der Waals surface area contributed by atoms with Gasteiger partial charge in [-0.1, -0.05) is 54.1 Å². The summed E-state index contributed by atoms with van der Waals surface area (Å²) >= 11 is 10.9. The van der Waals surface area contributed by atoms with Gasteiger partial charge in [0.1, 0.15) is 21.2 Å². The molecule has 2 aromatic carbocycles. The summed E-state index contributed by atoms with van der Waals surface area (Å²) in [7, 11) is -4.02. The van der Waals surface area contributed by atoms with Gasteiger partial charge in [-0.25, -0.2) is 23.1 Å². The van der Waals surface area contributed by atoms with Gasteiger partial charge in [0.05, 0.1) is 10.3 Å². The molecule has 0 unspecified atom stereocenters. The zero-order valence-corrected chi connectivity index (χ0v) is 22.7. The van der Waals surface area contributed by atoms with E-state index in [0.29, 0.717) is 32.3 Å². The lowest BCUT2D eigenvalue weighted by Gasteiger charge is -2.11. The van der Waals surface area contributed by atoms with Crippen molar-refractivity contribution in [1.29, 1.82) is 0 Å². The van der Waals surface area contributed by atoms with Crippen LogP contribution in [0.2, 0.25) is 5.02 Å². The SMILES string of the molecule is Cc1nc2ccc(C(=O)NS(=O)(=O)c3ccc(Br)s3)nc2n1Cc1ccc(-c2ccccc2)cc1Cl. The smallest absolute Gasteiger partial charge is 0.283 e. The average Bonchev–Trinajstić information content (AvgIpc) is 3.43. The number of aromatic nitrogens is 3. The Kier molecular flexibility index (Phi) is 6.69. The monoisotopic (exact) mass is 600 g/mol. The van der Waals surface area contributed by atoms with Crippen LogP contribution < -0.4 is 4.72 Å². The molecule has 0 fully saturated rings. The fourth-order valence-corrected chi connectivity index (χ4v) is 6.96. The summed E-state index contributed by atoms with van der Waals surface area (Å²) < 4.78 is 29.7. The molecule has 1 N–H and O–H groups in total. The third kappa shape index (κ3) is 4.94. The van der Waals surface area contributed by atoms with Gasteiger partial charge in [-0.15, -0.1) is 11.3 Å². The van der Waals surface area contributed by atoms with Gasteiger partial charge in [0.25, 0.3) is 15.9 Å². The van der Waals surface area contributed by atoms with E-state index < -0.39 is 15.9 Å². The molecule has 5 rings (SSSR count). The molecule has 0 radical (unpaired) electrons. The highest BCUT2D eigenvalue weighted by Gasteiger charge is 2.22. The van der Waals surface area contributed by atoms with E-state index in [1.54, 1.807) is 12.1 Å². The van der Waals surface area contributed by atoms with E-state index in [0.717, 1.165) is 28.0 Å². The number of fused-ring (bicyclic) bond motifs is 1. The van der Waals surface area contributed by atoms with Crippen LogP contribution in [-0.2, 0) is 16.6 Å². The zero-order chi connectivity index (χ0) is 25.4. The minimum Gasteiger partial charge on any atom is -0.308 e. The van der Waals surface area contributed by atoms with Gasteiger partial charge in [0.2, 0.25) is 0 Å². The average molecular weight is 602 g/mol. The van der Waals surface area contributed by atoms with Crippen LogP contribution in [0.4, 0.5) is 0 Å². The van der Waals surface area contributed by atoms with Crippen LogP contribution in [0, 0.1) is 6.92 Å². The maximum absolute atomic E-state index is 12.8. The number of imidazole rings is 1. The first-order valence-corrected chi connectivity index (χ1v) is 14.2. The summed E-state index contributed by atoms with van der Waals surface area (Å²) in [5.41, 5.74) is 3.95. The number of aryl methyl sites for hydroxylation is 1. The second-order valence-corrected chi connectivity index (χ2v) is 12.7. The fourth-order valence-electron chi connectivity index (χ4n) is 3.75. The molecule has 0 saturated carbocycles. The van der Waals surface area contributed by atoms with Crippen molar-refractivity contribution in [2.45, 2.75) is 17.7 Å². The summed E-state index contributed by atoms with van der Waals surface area (Å²) in [6.45, 7) is 2.22. The first-order chi connectivity index (χ1) is 17.2. The van der Waals surface area contributed by atoms with E-state index in [1.165, 1.54) is 12.1 Å². The Balaban J connectivity index is 1.44. The number of thiophene rings is 1. The van der Waals surface area contributed by atoms with E-state index in [-0.39, 0.29) is 9.90 Å². The molecule has 3 heterocycles. The Morgan fingerprint density at radius 3 is 2.50 bits per heavy atom. The van der Waals surface area contributed by atoms with Crippen LogP contribution in [0.3, 0.4) is 0 Å². The minimum absolute atomic E-state index is 0.0262. The lowest BCUT2D eigenvalue weighted by Crippen LogP contribution is -2.30. The Morgan fingerprint density at radius 1 is 1.03 bits per heavy atom. The van der Waals surface area contributed by atoms with Crippen LogP contribution in [0.1, 0.15) is 21.9 Å². The first-order valence-electron chi connectivity index (χ1n) is 10.7. The molecular formula is C25H18BrClN4O3S2. The van der Waals surface area contributed by atoms with Gasteiger partial charge in [0, 0.05) is 5.02 Å². The maximum Gasteiger partial charge on any atom is 0.283 e. The van der Waals surface area contributed by atoms with Crippen molar-refractivity contribution in [3.63, 3.8) is 0 Å². The van der Waals surface area contributed by atoms with Crippen molar-refractivity contribution in [2.24, 2.45) is 0 Å². The highest BCUT2D eigenvalue weighted by molar-refractivity contribution is 9.11. The number of nitrogens with one attached hydrogen (secondary N) is 1. The summed E-state index contributed by atoms with van der Waals surface area (Å²) in [6.07, 6.45) is 0. The second kappa shape index (κ2) is 9.78. The Hall–Kier alpha value is -3.05. The lowest BCUT2D eigenvalue weighted by atomic mass is 10.0. The normalized spacial score (nSPS) is 11.6. The van der Waals surface area contributed by atoms with E-state index >= 15 is 0 Å². The summed E-state index contributed by atoms with van der Waals surface area (Å²) in [4.78, 5) is 21.8.